The number of carboxylic acid groups (broad SMARTS) is 1. The van der Waals surface area contributed by atoms with Gasteiger partial charge in [-0.05, 0) is 36.8 Å². The summed E-state index contributed by atoms with van der Waals surface area (Å²) < 4.78 is 29.7. The largest absolute Gasteiger partial charge is 0.505 e. The molecular weight excluding hydrogens is 330 g/mol. The Morgan fingerprint density at radius 1 is 1.12 bits per heavy atom. The van der Waals surface area contributed by atoms with Crippen molar-refractivity contribution in [3.05, 3.63) is 35.4 Å². The fourth-order valence-corrected chi connectivity index (χ4v) is 3.15. The second kappa shape index (κ2) is 10.3. The summed E-state index contributed by atoms with van der Waals surface area (Å²) in [5.41, 5.74) is 2.21. The van der Waals surface area contributed by atoms with Crippen LogP contribution in [0.15, 0.2) is 24.3 Å². The molecule has 0 unspecified atom stereocenters. The van der Waals surface area contributed by atoms with Gasteiger partial charge in [0.1, 0.15) is 0 Å². The van der Waals surface area contributed by atoms with Gasteiger partial charge in [-0.3, -0.25) is 0 Å². The monoisotopic (exact) mass is 357 g/mol. The number of benzene rings is 1. The SMILES string of the molecule is CCCCc1ccc(CN(CCCCOC(=O)O)S(C)(=O)=O)cc1. The van der Waals surface area contributed by atoms with Crippen LogP contribution in [-0.2, 0) is 27.7 Å². The predicted molar refractivity (Wildman–Crippen MR) is 93.5 cm³/mol. The highest BCUT2D eigenvalue weighted by atomic mass is 32.2. The van der Waals surface area contributed by atoms with E-state index in [2.05, 4.69) is 11.7 Å². The fourth-order valence-electron chi connectivity index (χ4n) is 2.31. The molecule has 0 spiro atoms. The highest BCUT2D eigenvalue weighted by molar-refractivity contribution is 7.88. The topological polar surface area (TPSA) is 83.9 Å². The summed E-state index contributed by atoms with van der Waals surface area (Å²) in [6.07, 6.45) is 4.26. The van der Waals surface area contributed by atoms with E-state index in [9.17, 15) is 13.2 Å². The van der Waals surface area contributed by atoms with Crippen molar-refractivity contribution < 1.29 is 23.1 Å². The summed E-state index contributed by atoms with van der Waals surface area (Å²) >= 11 is 0. The molecule has 0 bridgehead atoms. The third-order valence-corrected chi connectivity index (χ3v) is 4.95. The molecule has 0 radical (unpaired) electrons. The average molecular weight is 357 g/mol. The van der Waals surface area contributed by atoms with Crippen LogP contribution in [0.25, 0.3) is 0 Å². The number of carbonyl (C=O) groups is 1. The van der Waals surface area contributed by atoms with E-state index in [4.69, 9.17) is 5.11 Å². The lowest BCUT2D eigenvalue weighted by Gasteiger charge is -2.20. The van der Waals surface area contributed by atoms with E-state index in [1.54, 1.807) is 0 Å². The molecule has 0 aromatic heterocycles. The Labute approximate surface area is 144 Å². The number of hydrogen-bond donors (Lipinski definition) is 1. The molecule has 0 saturated carbocycles. The Morgan fingerprint density at radius 3 is 2.29 bits per heavy atom. The first-order valence-electron chi connectivity index (χ1n) is 8.21. The van der Waals surface area contributed by atoms with Gasteiger partial charge in [0.2, 0.25) is 10.0 Å². The van der Waals surface area contributed by atoms with Gasteiger partial charge in [-0.25, -0.2) is 13.2 Å². The smallest absolute Gasteiger partial charge is 0.450 e. The number of rotatable bonds is 11. The lowest BCUT2D eigenvalue weighted by atomic mass is 10.1. The van der Waals surface area contributed by atoms with Crippen LogP contribution in [0.5, 0.6) is 0 Å². The van der Waals surface area contributed by atoms with Crippen molar-refractivity contribution in [2.24, 2.45) is 0 Å². The van der Waals surface area contributed by atoms with E-state index in [0.717, 1.165) is 24.8 Å². The maximum atomic E-state index is 11.9. The van der Waals surface area contributed by atoms with Crippen LogP contribution in [0.4, 0.5) is 4.79 Å². The van der Waals surface area contributed by atoms with Gasteiger partial charge in [0.05, 0.1) is 12.9 Å². The van der Waals surface area contributed by atoms with Gasteiger partial charge in [-0.2, -0.15) is 4.31 Å². The second-order valence-electron chi connectivity index (χ2n) is 5.84. The molecule has 6 nitrogen and oxygen atoms in total. The first-order valence-corrected chi connectivity index (χ1v) is 10.1. The zero-order valence-electron chi connectivity index (χ0n) is 14.4. The van der Waals surface area contributed by atoms with Gasteiger partial charge in [0, 0.05) is 13.1 Å². The highest BCUT2D eigenvalue weighted by Gasteiger charge is 2.16. The third kappa shape index (κ3) is 8.31. The molecule has 0 saturated heterocycles. The van der Waals surface area contributed by atoms with Gasteiger partial charge in [0.15, 0.2) is 0 Å². The van der Waals surface area contributed by atoms with E-state index in [-0.39, 0.29) is 6.61 Å². The normalized spacial score (nSPS) is 11.6. The maximum absolute atomic E-state index is 11.9. The molecule has 0 heterocycles. The van der Waals surface area contributed by atoms with Gasteiger partial charge in [0.25, 0.3) is 0 Å². The van der Waals surface area contributed by atoms with Crippen LogP contribution in [0.1, 0.15) is 43.7 Å². The molecule has 1 N–H and O–H groups in total. The van der Waals surface area contributed by atoms with E-state index >= 15 is 0 Å². The summed E-state index contributed by atoms with van der Waals surface area (Å²) in [6.45, 7) is 2.91. The lowest BCUT2D eigenvalue weighted by molar-refractivity contribution is 0.0897. The minimum atomic E-state index is -3.31. The van der Waals surface area contributed by atoms with Crippen LogP contribution in [-0.4, -0.2) is 43.4 Å². The first-order chi connectivity index (χ1) is 11.3. The quantitative estimate of drug-likeness (QED) is 0.485. The molecular formula is C17H27NO5S. The number of ether oxygens (including phenoxy) is 1. The predicted octanol–water partition coefficient (Wildman–Crippen LogP) is 3.27. The Hall–Kier alpha value is -1.60. The van der Waals surface area contributed by atoms with Crippen molar-refractivity contribution in [3.8, 4) is 0 Å². The number of sulfonamides is 1. The highest BCUT2D eigenvalue weighted by Crippen LogP contribution is 2.13. The molecule has 0 aliphatic rings. The molecule has 1 aromatic carbocycles. The molecule has 0 aliphatic heterocycles. The van der Waals surface area contributed by atoms with E-state index in [1.165, 1.54) is 16.1 Å². The summed E-state index contributed by atoms with van der Waals surface area (Å²) in [6, 6.07) is 8.03. The van der Waals surface area contributed by atoms with Crippen LogP contribution < -0.4 is 0 Å². The van der Waals surface area contributed by atoms with Crippen LogP contribution in [0.2, 0.25) is 0 Å². The molecule has 7 heteroatoms. The van der Waals surface area contributed by atoms with Gasteiger partial charge in [-0.1, -0.05) is 37.6 Å². The molecule has 0 atom stereocenters. The van der Waals surface area contributed by atoms with Crippen LogP contribution in [0, 0.1) is 0 Å². The van der Waals surface area contributed by atoms with Crippen molar-refractivity contribution in [2.75, 3.05) is 19.4 Å². The minimum absolute atomic E-state index is 0.0824. The minimum Gasteiger partial charge on any atom is -0.450 e. The van der Waals surface area contributed by atoms with Crippen molar-refractivity contribution in [1.29, 1.82) is 0 Å². The van der Waals surface area contributed by atoms with E-state index in [1.807, 2.05) is 24.3 Å². The van der Waals surface area contributed by atoms with E-state index in [0.29, 0.717) is 25.9 Å². The Balaban J connectivity index is 2.55. The average Bonchev–Trinajstić information content (AvgIpc) is 2.51. The maximum Gasteiger partial charge on any atom is 0.505 e. The summed E-state index contributed by atoms with van der Waals surface area (Å²) in [5, 5.41) is 8.39. The fraction of sp³-hybridized carbons (Fsp3) is 0.588. The lowest BCUT2D eigenvalue weighted by Crippen LogP contribution is -2.30. The number of hydrogen-bond acceptors (Lipinski definition) is 4. The molecule has 0 aliphatic carbocycles. The van der Waals surface area contributed by atoms with Gasteiger partial charge < -0.3 is 9.84 Å². The number of unbranched alkanes of at least 4 members (excludes halogenated alkanes) is 2. The van der Waals surface area contributed by atoms with Gasteiger partial charge >= 0.3 is 6.16 Å². The molecule has 0 fully saturated rings. The van der Waals surface area contributed by atoms with Crippen molar-refractivity contribution in [1.82, 2.24) is 4.31 Å². The van der Waals surface area contributed by atoms with Crippen molar-refractivity contribution in [3.63, 3.8) is 0 Å². The Morgan fingerprint density at radius 2 is 1.75 bits per heavy atom. The van der Waals surface area contributed by atoms with Gasteiger partial charge in [-0.15, -0.1) is 0 Å². The zero-order chi connectivity index (χ0) is 18.0. The van der Waals surface area contributed by atoms with E-state index < -0.39 is 16.2 Å². The second-order valence-corrected chi connectivity index (χ2v) is 7.82. The van der Waals surface area contributed by atoms with Crippen LogP contribution in [0.3, 0.4) is 0 Å². The third-order valence-electron chi connectivity index (χ3n) is 3.70. The Bertz CT molecular complexity index is 598. The zero-order valence-corrected chi connectivity index (χ0v) is 15.2. The molecule has 24 heavy (non-hydrogen) atoms. The summed E-state index contributed by atoms with van der Waals surface area (Å²) in [4.78, 5) is 10.3. The first kappa shape index (κ1) is 20.4. The van der Waals surface area contributed by atoms with Crippen LogP contribution >= 0.6 is 0 Å². The molecule has 1 rings (SSSR count). The summed E-state index contributed by atoms with van der Waals surface area (Å²) in [7, 11) is -3.31. The van der Waals surface area contributed by atoms with Crippen molar-refractivity contribution >= 4 is 16.2 Å². The molecule has 136 valence electrons. The number of aryl methyl sites for hydroxylation is 1. The summed E-state index contributed by atoms with van der Waals surface area (Å²) in [5.74, 6) is 0. The molecule has 1 aromatic rings. The number of nitrogens with zero attached hydrogens (tertiary/aromatic N) is 1. The molecule has 0 amide bonds. The Kier molecular flexibility index (Phi) is 8.78. The van der Waals surface area contributed by atoms with Crippen molar-refractivity contribution in [2.45, 2.75) is 45.6 Å². The standard InChI is InChI=1S/C17H27NO5S/c1-3-4-7-15-8-10-16(11-9-15)14-18(24(2,21)22)12-5-6-13-23-17(19)20/h8-11H,3-7,12-14H2,1-2H3,(H,19,20).